The maximum Gasteiger partial charge on any atom is 0.237 e. The highest BCUT2D eigenvalue weighted by atomic mass is 16.2. The second-order valence-corrected chi connectivity index (χ2v) is 5.06. The molecular weight excluding hydrogens is 212 g/mol. The van der Waals surface area contributed by atoms with Crippen molar-refractivity contribution in [2.24, 2.45) is 0 Å². The molecule has 1 unspecified atom stereocenters. The molecule has 0 aliphatic heterocycles. The molecule has 3 nitrogen and oxygen atoms in total. The van der Waals surface area contributed by atoms with Crippen molar-refractivity contribution in [2.45, 2.75) is 65.0 Å². The third-order valence-electron chi connectivity index (χ3n) is 2.94. The van der Waals surface area contributed by atoms with Gasteiger partial charge in [-0.25, -0.2) is 0 Å². The van der Waals surface area contributed by atoms with Crippen LogP contribution in [0.25, 0.3) is 0 Å². The molecule has 17 heavy (non-hydrogen) atoms. The van der Waals surface area contributed by atoms with Crippen LogP contribution in [-0.4, -0.2) is 24.0 Å². The highest BCUT2D eigenvalue weighted by Gasteiger charge is 2.21. The number of unbranched alkanes of at least 4 members (excludes halogenated alkanes) is 2. The lowest BCUT2D eigenvalue weighted by Crippen LogP contribution is -2.50. The molecule has 0 aromatic carbocycles. The fraction of sp³-hybridized carbons (Fsp3) is 0.786. The van der Waals surface area contributed by atoms with Gasteiger partial charge in [0.15, 0.2) is 0 Å². The molecule has 0 bridgehead atoms. The Morgan fingerprint density at radius 1 is 1.41 bits per heavy atom. The van der Waals surface area contributed by atoms with Gasteiger partial charge in [0.25, 0.3) is 0 Å². The lowest BCUT2D eigenvalue weighted by molar-refractivity contribution is -0.124. The van der Waals surface area contributed by atoms with E-state index in [1.54, 1.807) is 0 Å². The molecular formula is C14H26N2O. The predicted octanol–water partition coefficient (Wildman–Crippen LogP) is 2.07. The molecule has 0 saturated heterocycles. The number of hydrogen-bond acceptors (Lipinski definition) is 2. The van der Waals surface area contributed by atoms with E-state index in [2.05, 4.69) is 23.5 Å². The second kappa shape index (κ2) is 8.14. The molecule has 0 aliphatic carbocycles. The van der Waals surface area contributed by atoms with Crippen LogP contribution < -0.4 is 10.6 Å². The number of carbonyl (C=O) groups excluding carboxylic acids is 1. The monoisotopic (exact) mass is 238 g/mol. The van der Waals surface area contributed by atoms with Crippen molar-refractivity contribution in [2.75, 3.05) is 6.54 Å². The standard InChI is InChI=1S/C14H26N2O/c1-6-8-9-10-11-15-12(3)13(17)16-14(4,5)7-2/h1,12,15H,7-11H2,2-5H3,(H,16,17). The van der Waals surface area contributed by atoms with Crippen LogP contribution in [0.3, 0.4) is 0 Å². The van der Waals surface area contributed by atoms with Gasteiger partial charge in [0.1, 0.15) is 0 Å². The fourth-order valence-electron chi connectivity index (χ4n) is 1.29. The summed E-state index contributed by atoms with van der Waals surface area (Å²) in [5.74, 6) is 2.67. The lowest BCUT2D eigenvalue weighted by Gasteiger charge is -2.26. The molecule has 98 valence electrons. The van der Waals surface area contributed by atoms with E-state index in [0.717, 1.165) is 32.2 Å². The molecule has 0 aromatic rings. The van der Waals surface area contributed by atoms with Crippen molar-refractivity contribution in [1.82, 2.24) is 10.6 Å². The van der Waals surface area contributed by atoms with E-state index in [1.165, 1.54) is 0 Å². The average Bonchev–Trinajstić information content (AvgIpc) is 2.28. The number of rotatable bonds is 8. The maximum atomic E-state index is 11.8. The Labute approximate surface area is 106 Å². The van der Waals surface area contributed by atoms with E-state index in [4.69, 9.17) is 6.42 Å². The summed E-state index contributed by atoms with van der Waals surface area (Å²) in [5, 5.41) is 6.23. The third kappa shape index (κ3) is 7.82. The Morgan fingerprint density at radius 2 is 2.06 bits per heavy atom. The first-order valence-electron chi connectivity index (χ1n) is 6.42. The van der Waals surface area contributed by atoms with Gasteiger partial charge >= 0.3 is 0 Å². The molecule has 0 fully saturated rings. The smallest absolute Gasteiger partial charge is 0.237 e. The van der Waals surface area contributed by atoms with Crippen molar-refractivity contribution in [3.8, 4) is 12.3 Å². The minimum Gasteiger partial charge on any atom is -0.350 e. The summed E-state index contributed by atoms with van der Waals surface area (Å²) in [6.45, 7) is 8.86. The maximum absolute atomic E-state index is 11.8. The zero-order valence-corrected chi connectivity index (χ0v) is 11.6. The molecule has 0 rings (SSSR count). The second-order valence-electron chi connectivity index (χ2n) is 5.06. The van der Waals surface area contributed by atoms with Crippen LogP contribution in [0.1, 0.15) is 53.4 Å². The van der Waals surface area contributed by atoms with Crippen molar-refractivity contribution in [3.05, 3.63) is 0 Å². The van der Waals surface area contributed by atoms with Crippen LogP contribution in [0, 0.1) is 12.3 Å². The first-order chi connectivity index (χ1) is 7.93. The Morgan fingerprint density at radius 3 is 2.59 bits per heavy atom. The van der Waals surface area contributed by atoms with Crippen LogP contribution >= 0.6 is 0 Å². The van der Waals surface area contributed by atoms with Crippen molar-refractivity contribution in [1.29, 1.82) is 0 Å². The third-order valence-corrected chi connectivity index (χ3v) is 2.94. The minimum atomic E-state index is -0.147. The number of terminal acetylenes is 1. The van der Waals surface area contributed by atoms with Crippen LogP contribution in [0.5, 0.6) is 0 Å². The van der Waals surface area contributed by atoms with E-state index >= 15 is 0 Å². The Balaban J connectivity index is 3.79. The Kier molecular flexibility index (Phi) is 7.65. The molecule has 0 spiro atoms. The van der Waals surface area contributed by atoms with Gasteiger partial charge in [-0.1, -0.05) is 6.92 Å². The highest BCUT2D eigenvalue weighted by Crippen LogP contribution is 2.06. The molecule has 0 aliphatic rings. The molecule has 1 atom stereocenters. The topological polar surface area (TPSA) is 41.1 Å². The van der Waals surface area contributed by atoms with Crippen LogP contribution in [0.4, 0.5) is 0 Å². The quantitative estimate of drug-likeness (QED) is 0.502. The average molecular weight is 238 g/mol. The van der Waals surface area contributed by atoms with Gasteiger partial charge < -0.3 is 10.6 Å². The van der Waals surface area contributed by atoms with E-state index in [9.17, 15) is 4.79 Å². The molecule has 2 N–H and O–H groups in total. The molecule has 0 heterocycles. The summed E-state index contributed by atoms with van der Waals surface area (Å²) in [4.78, 5) is 11.8. The normalized spacial score (nSPS) is 12.9. The van der Waals surface area contributed by atoms with Gasteiger partial charge in [0.05, 0.1) is 6.04 Å². The number of carbonyl (C=O) groups is 1. The van der Waals surface area contributed by atoms with Crippen molar-refractivity contribution < 1.29 is 4.79 Å². The fourth-order valence-corrected chi connectivity index (χ4v) is 1.29. The summed E-state index contributed by atoms with van der Waals surface area (Å²) in [6.07, 6.45) is 8.93. The zero-order chi connectivity index (χ0) is 13.3. The molecule has 0 radical (unpaired) electrons. The van der Waals surface area contributed by atoms with Gasteiger partial charge in [-0.2, -0.15) is 0 Å². The van der Waals surface area contributed by atoms with Gasteiger partial charge in [-0.05, 0) is 46.6 Å². The summed E-state index contributed by atoms with van der Waals surface area (Å²) in [6, 6.07) is -0.147. The predicted molar refractivity (Wildman–Crippen MR) is 72.7 cm³/mol. The molecule has 0 aromatic heterocycles. The summed E-state index contributed by atoms with van der Waals surface area (Å²) >= 11 is 0. The number of hydrogen-bond donors (Lipinski definition) is 2. The van der Waals surface area contributed by atoms with Gasteiger partial charge in [-0.3, -0.25) is 4.79 Å². The van der Waals surface area contributed by atoms with Gasteiger partial charge in [0.2, 0.25) is 5.91 Å². The van der Waals surface area contributed by atoms with Gasteiger partial charge in [-0.15, -0.1) is 12.3 Å². The molecule has 3 heteroatoms. The van der Waals surface area contributed by atoms with E-state index in [0.29, 0.717) is 0 Å². The SMILES string of the molecule is C#CCCCCNC(C)C(=O)NC(C)(C)CC. The largest absolute Gasteiger partial charge is 0.350 e. The van der Waals surface area contributed by atoms with E-state index < -0.39 is 0 Å². The van der Waals surface area contributed by atoms with Crippen molar-refractivity contribution >= 4 is 5.91 Å². The minimum absolute atomic E-state index is 0.0637. The summed E-state index contributed by atoms with van der Waals surface area (Å²) < 4.78 is 0. The van der Waals surface area contributed by atoms with Crippen molar-refractivity contribution in [3.63, 3.8) is 0 Å². The number of amides is 1. The van der Waals surface area contributed by atoms with Crippen LogP contribution in [-0.2, 0) is 4.79 Å². The molecule has 1 amide bonds. The summed E-state index contributed by atoms with van der Waals surface area (Å²) in [5.41, 5.74) is -0.128. The van der Waals surface area contributed by atoms with Crippen LogP contribution in [0.2, 0.25) is 0 Å². The lowest BCUT2D eigenvalue weighted by atomic mass is 10.0. The van der Waals surface area contributed by atoms with Crippen LogP contribution in [0.15, 0.2) is 0 Å². The molecule has 0 saturated carbocycles. The van der Waals surface area contributed by atoms with E-state index in [-0.39, 0.29) is 17.5 Å². The zero-order valence-electron chi connectivity index (χ0n) is 11.6. The first kappa shape index (κ1) is 16.0. The van der Waals surface area contributed by atoms with Gasteiger partial charge in [0, 0.05) is 12.0 Å². The Hall–Kier alpha value is -1.01. The number of nitrogens with one attached hydrogen (secondary N) is 2. The Bertz CT molecular complexity index is 266. The van der Waals surface area contributed by atoms with E-state index in [1.807, 2.05) is 20.8 Å². The highest BCUT2D eigenvalue weighted by molar-refractivity contribution is 5.81. The summed E-state index contributed by atoms with van der Waals surface area (Å²) in [7, 11) is 0. The first-order valence-corrected chi connectivity index (χ1v) is 6.42.